The number of nitriles is 1. The van der Waals surface area contributed by atoms with Crippen molar-refractivity contribution in [1.82, 2.24) is 0 Å². The van der Waals surface area contributed by atoms with Gasteiger partial charge < -0.3 is 9.64 Å². The van der Waals surface area contributed by atoms with E-state index >= 15 is 0 Å². The van der Waals surface area contributed by atoms with Gasteiger partial charge in [0.2, 0.25) is 5.91 Å². The highest BCUT2D eigenvalue weighted by Crippen LogP contribution is 2.44. The molecule has 0 fully saturated rings. The van der Waals surface area contributed by atoms with Gasteiger partial charge in [-0.05, 0) is 37.6 Å². The minimum Gasteiger partial charge on any atom is -0.494 e. The first-order chi connectivity index (χ1) is 8.54. The van der Waals surface area contributed by atoms with Crippen molar-refractivity contribution in [3.05, 3.63) is 23.8 Å². The topological polar surface area (TPSA) is 53.3 Å². The van der Waals surface area contributed by atoms with Crippen molar-refractivity contribution in [3.8, 4) is 11.8 Å². The molecule has 0 spiro atoms. The Kier molecular flexibility index (Phi) is 3.00. The molecule has 1 unspecified atom stereocenters. The Balaban J connectivity index is 2.54. The van der Waals surface area contributed by atoms with E-state index in [4.69, 9.17) is 10.00 Å². The zero-order chi connectivity index (χ0) is 13.3. The van der Waals surface area contributed by atoms with Crippen molar-refractivity contribution in [1.29, 1.82) is 5.26 Å². The van der Waals surface area contributed by atoms with Crippen LogP contribution in [0.2, 0.25) is 0 Å². The number of likely N-dealkylation sites (N-methyl/N-ethyl adjacent to an activating group) is 1. The standard InChI is InChI=1S/C14H16N2O2/c1-4-18-10-5-6-12-11(9-10)14(2,7-8-15)13(17)16(12)3/h5-6,9H,4,7H2,1-3H3. The number of benzene rings is 1. The maximum atomic E-state index is 12.3. The Labute approximate surface area is 107 Å². The largest absolute Gasteiger partial charge is 0.494 e. The number of anilines is 1. The van der Waals surface area contributed by atoms with Crippen LogP contribution in [0.3, 0.4) is 0 Å². The summed E-state index contributed by atoms with van der Waals surface area (Å²) in [6, 6.07) is 7.71. The van der Waals surface area contributed by atoms with Crippen LogP contribution in [0.15, 0.2) is 18.2 Å². The number of carbonyl (C=O) groups excluding carboxylic acids is 1. The van der Waals surface area contributed by atoms with Crippen molar-refractivity contribution in [3.63, 3.8) is 0 Å². The van der Waals surface area contributed by atoms with Crippen LogP contribution in [0.1, 0.15) is 25.8 Å². The van der Waals surface area contributed by atoms with E-state index in [9.17, 15) is 4.79 Å². The summed E-state index contributed by atoms with van der Waals surface area (Å²) in [5.74, 6) is 0.705. The molecule has 1 aromatic carbocycles. The van der Waals surface area contributed by atoms with Gasteiger partial charge >= 0.3 is 0 Å². The predicted octanol–water partition coefficient (Wildman–Crippen LogP) is 2.23. The molecule has 2 rings (SSSR count). The van der Waals surface area contributed by atoms with Crippen LogP contribution in [-0.4, -0.2) is 19.6 Å². The summed E-state index contributed by atoms with van der Waals surface area (Å²) in [5.41, 5.74) is 0.982. The number of rotatable bonds is 3. The average Bonchev–Trinajstić information content (AvgIpc) is 2.53. The van der Waals surface area contributed by atoms with Gasteiger partial charge in [-0.2, -0.15) is 5.26 Å². The molecule has 0 radical (unpaired) electrons. The SMILES string of the molecule is CCOc1ccc2c(c1)C(C)(CC#N)C(=O)N2C. The molecule has 1 heterocycles. The maximum Gasteiger partial charge on any atom is 0.238 e. The Hall–Kier alpha value is -2.02. The third-order valence-corrected chi connectivity index (χ3v) is 3.44. The summed E-state index contributed by atoms with van der Waals surface area (Å²) in [7, 11) is 1.74. The molecule has 0 saturated heterocycles. The van der Waals surface area contributed by atoms with Crippen LogP contribution in [-0.2, 0) is 10.2 Å². The molecule has 18 heavy (non-hydrogen) atoms. The maximum absolute atomic E-state index is 12.3. The van der Waals surface area contributed by atoms with E-state index in [0.29, 0.717) is 6.61 Å². The molecule has 1 aliphatic heterocycles. The van der Waals surface area contributed by atoms with Crippen LogP contribution in [0.25, 0.3) is 0 Å². The van der Waals surface area contributed by atoms with E-state index < -0.39 is 5.41 Å². The van der Waals surface area contributed by atoms with Crippen LogP contribution in [0.4, 0.5) is 5.69 Å². The van der Waals surface area contributed by atoms with Crippen molar-refractivity contribution in [2.45, 2.75) is 25.7 Å². The molecule has 0 N–H and O–H groups in total. The third-order valence-electron chi connectivity index (χ3n) is 3.44. The highest BCUT2D eigenvalue weighted by atomic mass is 16.5. The molecule has 94 valence electrons. The highest BCUT2D eigenvalue weighted by molar-refractivity contribution is 6.07. The van der Waals surface area contributed by atoms with Gasteiger partial charge in [0.25, 0.3) is 0 Å². The number of hydrogen-bond acceptors (Lipinski definition) is 3. The summed E-state index contributed by atoms with van der Waals surface area (Å²) in [6.07, 6.45) is 0.179. The van der Waals surface area contributed by atoms with Crippen molar-refractivity contribution < 1.29 is 9.53 Å². The lowest BCUT2D eigenvalue weighted by Gasteiger charge is -2.19. The summed E-state index contributed by atoms with van der Waals surface area (Å²) in [4.78, 5) is 13.9. The fourth-order valence-corrected chi connectivity index (χ4v) is 2.43. The first kappa shape index (κ1) is 12.4. The molecule has 1 atom stereocenters. The van der Waals surface area contributed by atoms with Crippen molar-refractivity contribution >= 4 is 11.6 Å². The highest BCUT2D eigenvalue weighted by Gasteiger charge is 2.46. The van der Waals surface area contributed by atoms with E-state index in [-0.39, 0.29) is 12.3 Å². The summed E-state index contributed by atoms with van der Waals surface area (Å²) in [5, 5.41) is 8.94. The zero-order valence-electron chi connectivity index (χ0n) is 10.9. The third kappa shape index (κ3) is 1.63. The average molecular weight is 244 g/mol. The van der Waals surface area contributed by atoms with E-state index in [1.807, 2.05) is 32.0 Å². The molecular weight excluding hydrogens is 228 g/mol. The van der Waals surface area contributed by atoms with Gasteiger partial charge in [0.15, 0.2) is 0 Å². The van der Waals surface area contributed by atoms with Gasteiger partial charge in [0, 0.05) is 12.7 Å². The molecule has 1 amide bonds. The first-order valence-corrected chi connectivity index (χ1v) is 5.97. The number of amides is 1. The summed E-state index contributed by atoms with van der Waals surface area (Å²) < 4.78 is 5.46. The predicted molar refractivity (Wildman–Crippen MR) is 68.6 cm³/mol. The number of hydrogen-bond donors (Lipinski definition) is 0. The van der Waals surface area contributed by atoms with Crippen LogP contribution < -0.4 is 9.64 Å². The summed E-state index contributed by atoms with van der Waals surface area (Å²) >= 11 is 0. The molecule has 4 heteroatoms. The van der Waals surface area contributed by atoms with Gasteiger partial charge in [-0.15, -0.1) is 0 Å². The second-order valence-electron chi connectivity index (χ2n) is 4.64. The first-order valence-electron chi connectivity index (χ1n) is 5.97. The smallest absolute Gasteiger partial charge is 0.238 e. The zero-order valence-corrected chi connectivity index (χ0v) is 10.9. The number of carbonyl (C=O) groups is 1. The lowest BCUT2D eigenvalue weighted by atomic mass is 9.81. The fraction of sp³-hybridized carbons (Fsp3) is 0.429. The van der Waals surface area contributed by atoms with Gasteiger partial charge in [0.05, 0.1) is 24.5 Å². The van der Waals surface area contributed by atoms with Gasteiger partial charge in [-0.25, -0.2) is 0 Å². The Morgan fingerprint density at radius 1 is 1.50 bits per heavy atom. The summed E-state index contributed by atoms with van der Waals surface area (Å²) in [6.45, 7) is 4.31. The molecular formula is C14H16N2O2. The second kappa shape index (κ2) is 4.34. The van der Waals surface area contributed by atoms with Crippen LogP contribution >= 0.6 is 0 Å². The minimum absolute atomic E-state index is 0.0345. The van der Waals surface area contributed by atoms with Gasteiger partial charge in [-0.3, -0.25) is 4.79 Å². The quantitative estimate of drug-likeness (QED) is 0.819. The van der Waals surface area contributed by atoms with Crippen molar-refractivity contribution in [2.24, 2.45) is 0 Å². The van der Waals surface area contributed by atoms with E-state index in [1.54, 1.807) is 11.9 Å². The monoisotopic (exact) mass is 244 g/mol. The van der Waals surface area contributed by atoms with Crippen LogP contribution in [0, 0.1) is 11.3 Å². The Morgan fingerprint density at radius 2 is 2.22 bits per heavy atom. The molecule has 1 aliphatic rings. The van der Waals surface area contributed by atoms with E-state index in [0.717, 1.165) is 17.0 Å². The lowest BCUT2D eigenvalue weighted by Crippen LogP contribution is -2.35. The van der Waals surface area contributed by atoms with Crippen LogP contribution in [0.5, 0.6) is 5.75 Å². The van der Waals surface area contributed by atoms with Crippen molar-refractivity contribution in [2.75, 3.05) is 18.6 Å². The number of ether oxygens (including phenoxy) is 1. The van der Waals surface area contributed by atoms with Gasteiger partial charge in [0.1, 0.15) is 5.75 Å². The fourth-order valence-electron chi connectivity index (χ4n) is 2.43. The molecule has 0 bridgehead atoms. The number of fused-ring (bicyclic) bond motifs is 1. The van der Waals surface area contributed by atoms with E-state index in [2.05, 4.69) is 6.07 Å². The Morgan fingerprint density at radius 3 is 2.83 bits per heavy atom. The molecule has 1 aromatic rings. The second-order valence-corrected chi connectivity index (χ2v) is 4.64. The molecule has 4 nitrogen and oxygen atoms in total. The number of nitrogens with zero attached hydrogens (tertiary/aromatic N) is 2. The molecule has 0 aliphatic carbocycles. The van der Waals surface area contributed by atoms with Gasteiger partial charge in [-0.1, -0.05) is 0 Å². The minimum atomic E-state index is -0.758. The molecule has 0 aromatic heterocycles. The molecule has 0 saturated carbocycles. The Bertz CT molecular complexity index is 533. The lowest BCUT2D eigenvalue weighted by molar-refractivity contribution is -0.122. The van der Waals surface area contributed by atoms with E-state index in [1.165, 1.54) is 0 Å². The normalized spacial score (nSPS) is 21.7.